The second kappa shape index (κ2) is 9.86. The lowest BCUT2D eigenvalue weighted by Gasteiger charge is -2.12. The largest absolute Gasteiger partial charge is 0.449 e. The van der Waals surface area contributed by atoms with Gasteiger partial charge in [0.15, 0.2) is 5.09 Å². The number of anilines is 1. The predicted molar refractivity (Wildman–Crippen MR) is 130 cm³/mol. The number of hydrogen-bond acceptors (Lipinski definition) is 5. The Kier molecular flexibility index (Phi) is 6.92. The van der Waals surface area contributed by atoms with Crippen LogP contribution in [0.4, 0.5) is 10.5 Å². The Labute approximate surface area is 207 Å². The molecule has 2 aromatic carbocycles. The summed E-state index contributed by atoms with van der Waals surface area (Å²) in [5, 5.41) is 6.39. The van der Waals surface area contributed by atoms with Crippen LogP contribution in [0.1, 0.15) is 11.3 Å². The van der Waals surface area contributed by atoms with Gasteiger partial charge in [-0.2, -0.15) is 0 Å². The first-order valence-corrected chi connectivity index (χ1v) is 11.7. The van der Waals surface area contributed by atoms with Gasteiger partial charge in [-0.3, -0.25) is 9.59 Å². The van der Waals surface area contributed by atoms with Crippen LogP contribution >= 0.6 is 39.3 Å². The molecule has 1 aromatic heterocycles. The summed E-state index contributed by atoms with van der Waals surface area (Å²) in [4.78, 5) is 39.1. The van der Waals surface area contributed by atoms with E-state index in [0.717, 1.165) is 15.4 Å². The van der Waals surface area contributed by atoms with Crippen LogP contribution in [0, 0.1) is 6.92 Å². The highest BCUT2D eigenvalue weighted by Gasteiger charge is 2.35. The average Bonchev–Trinajstić information content (AvgIpc) is 3.23. The molecule has 168 valence electrons. The molecule has 33 heavy (non-hydrogen) atoms. The van der Waals surface area contributed by atoms with Gasteiger partial charge in [0.05, 0.1) is 4.47 Å². The molecular weight excluding hydrogens is 530 g/mol. The van der Waals surface area contributed by atoms with Crippen LogP contribution in [0.2, 0.25) is 5.02 Å². The number of hydrogen-bond donors (Lipinski definition) is 2. The predicted octanol–water partition coefficient (Wildman–Crippen LogP) is 5.69. The third-order valence-electron chi connectivity index (χ3n) is 4.55. The highest BCUT2D eigenvalue weighted by molar-refractivity contribution is 9.10. The maximum atomic E-state index is 12.7. The first kappa shape index (κ1) is 23.2. The molecule has 0 atom stereocenters. The third kappa shape index (κ3) is 5.68. The van der Waals surface area contributed by atoms with Gasteiger partial charge < -0.3 is 15.1 Å². The minimum absolute atomic E-state index is 0.0210. The average molecular weight is 547 g/mol. The van der Waals surface area contributed by atoms with Gasteiger partial charge in [0, 0.05) is 21.7 Å². The molecule has 0 aliphatic carbocycles. The number of urea groups is 1. The van der Waals surface area contributed by atoms with Crippen LogP contribution in [0.25, 0.3) is 6.08 Å². The van der Waals surface area contributed by atoms with Crippen molar-refractivity contribution in [3.63, 3.8) is 0 Å². The summed E-state index contributed by atoms with van der Waals surface area (Å²) in [5.74, 6) is -0.723. The molecule has 1 saturated heterocycles. The van der Waals surface area contributed by atoms with Crippen LogP contribution in [0.3, 0.4) is 0 Å². The molecule has 0 saturated carbocycles. The highest BCUT2D eigenvalue weighted by Crippen LogP contribution is 2.37. The molecule has 1 aliphatic rings. The fraction of sp³-hybridized carbons (Fsp3) is 0.0870. The van der Waals surface area contributed by atoms with Crippen molar-refractivity contribution in [2.45, 2.75) is 16.9 Å². The van der Waals surface area contributed by atoms with Crippen LogP contribution in [-0.4, -0.2) is 29.3 Å². The molecule has 7 nitrogen and oxygen atoms in total. The molecule has 2 N–H and O–H groups in total. The Morgan fingerprint density at radius 1 is 1.21 bits per heavy atom. The monoisotopic (exact) mass is 545 g/mol. The lowest BCUT2D eigenvalue weighted by molar-refractivity contribution is -0.127. The maximum Gasteiger partial charge on any atom is 0.329 e. The maximum absolute atomic E-state index is 12.7. The van der Waals surface area contributed by atoms with Crippen LogP contribution in [-0.2, 0) is 9.59 Å². The van der Waals surface area contributed by atoms with Crippen molar-refractivity contribution >= 4 is 68.9 Å². The molecule has 2 heterocycles. The SMILES string of the molecule is Cc1cccc(NC(=O)CN2C(=O)N/C(=C/c3cc(Br)c(Sc4ccc(Cl)cc4)o3)C2=O)c1. The summed E-state index contributed by atoms with van der Waals surface area (Å²) in [7, 11) is 0. The highest BCUT2D eigenvalue weighted by atomic mass is 79.9. The Balaban J connectivity index is 1.44. The number of carbonyl (C=O) groups excluding carboxylic acids is 3. The zero-order chi connectivity index (χ0) is 23.5. The zero-order valence-electron chi connectivity index (χ0n) is 17.2. The number of rotatable bonds is 6. The quantitative estimate of drug-likeness (QED) is 0.306. The fourth-order valence-corrected chi connectivity index (χ4v) is 4.50. The van der Waals surface area contributed by atoms with E-state index in [-0.39, 0.29) is 5.70 Å². The van der Waals surface area contributed by atoms with Gasteiger partial charge >= 0.3 is 6.03 Å². The molecule has 10 heteroatoms. The number of amides is 4. The zero-order valence-corrected chi connectivity index (χ0v) is 20.4. The van der Waals surface area contributed by atoms with Gasteiger partial charge in [-0.15, -0.1) is 0 Å². The van der Waals surface area contributed by atoms with Crippen molar-refractivity contribution in [3.05, 3.63) is 81.1 Å². The smallest absolute Gasteiger partial charge is 0.329 e. The summed E-state index contributed by atoms with van der Waals surface area (Å²) in [5.41, 5.74) is 1.59. The minimum atomic E-state index is -0.674. The number of halogens is 2. The van der Waals surface area contributed by atoms with Crippen LogP contribution < -0.4 is 10.6 Å². The van der Waals surface area contributed by atoms with Crippen LogP contribution in [0.5, 0.6) is 0 Å². The van der Waals surface area contributed by atoms with Crippen molar-refractivity contribution in [2.24, 2.45) is 0 Å². The third-order valence-corrected chi connectivity index (χ3v) is 6.65. The van der Waals surface area contributed by atoms with E-state index >= 15 is 0 Å². The van der Waals surface area contributed by atoms with Gasteiger partial charge in [-0.05, 0) is 70.9 Å². The second-order valence-corrected chi connectivity index (χ2v) is 9.47. The van der Waals surface area contributed by atoms with Crippen molar-refractivity contribution in [3.8, 4) is 0 Å². The van der Waals surface area contributed by atoms with E-state index in [1.165, 1.54) is 17.8 Å². The molecule has 0 bridgehead atoms. The molecule has 0 radical (unpaired) electrons. The Morgan fingerprint density at radius 3 is 2.70 bits per heavy atom. The van der Waals surface area contributed by atoms with Crippen molar-refractivity contribution in [1.29, 1.82) is 0 Å². The Hall–Kier alpha value is -3.01. The van der Waals surface area contributed by atoms with Gasteiger partial charge in [-0.1, -0.05) is 35.5 Å². The van der Waals surface area contributed by atoms with E-state index in [4.69, 9.17) is 16.0 Å². The lowest BCUT2D eigenvalue weighted by Crippen LogP contribution is -2.38. The van der Waals surface area contributed by atoms with Crippen molar-refractivity contribution in [2.75, 3.05) is 11.9 Å². The standard InChI is InChI=1S/C23H17BrClN3O4S/c1-13-3-2-4-15(9-13)26-20(29)12-28-21(30)19(27-23(28)31)11-16-10-18(24)22(32-16)33-17-7-5-14(25)6-8-17/h2-11H,12H2,1H3,(H,26,29)(H,27,31)/b19-11+. The number of imide groups is 1. The molecule has 4 amide bonds. The van der Waals surface area contributed by atoms with Crippen molar-refractivity contribution < 1.29 is 18.8 Å². The molecule has 3 aromatic rings. The number of furan rings is 1. The number of carbonyl (C=O) groups is 3. The minimum Gasteiger partial charge on any atom is -0.449 e. The number of benzene rings is 2. The molecule has 4 rings (SSSR count). The summed E-state index contributed by atoms with van der Waals surface area (Å²) in [6, 6.07) is 15.5. The summed E-state index contributed by atoms with van der Waals surface area (Å²) in [6.07, 6.45) is 1.43. The molecular formula is C23H17BrClN3O4S. The van der Waals surface area contributed by atoms with E-state index in [1.807, 2.05) is 25.1 Å². The van der Waals surface area contributed by atoms with Gasteiger partial charge in [-0.25, -0.2) is 9.69 Å². The normalized spacial score (nSPS) is 14.6. The topological polar surface area (TPSA) is 91.7 Å². The van der Waals surface area contributed by atoms with Crippen molar-refractivity contribution in [1.82, 2.24) is 10.2 Å². The molecule has 1 aliphatic heterocycles. The summed E-state index contributed by atoms with van der Waals surface area (Å²) in [6.45, 7) is 1.49. The van der Waals surface area contributed by atoms with Gasteiger partial charge in [0.2, 0.25) is 5.91 Å². The van der Waals surface area contributed by atoms with E-state index in [0.29, 0.717) is 26.0 Å². The van der Waals surface area contributed by atoms with E-state index in [2.05, 4.69) is 26.6 Å². The van der Waals surface area contributed by atoms with Gasteiger partial charge in [0.25, 0.3) is 5.91 Å². The van der Waals surface area contributed by atoms with Gasteiger partial charge in [0.1, 0.15) is 18.0 Å². The lowest BCUT2D eigenvalue weighted by atomic mass is 10.2. The summed E-state index contributed by atoms with van der Waals surface area (Å²) < 4.78 is 6.50. The van der Waals surface area contributed by atoms with Crippen LogP contribution in [0.15, 0.2) is 79.2 Å². The fourth-order valence-electron chi connectivity index (χ4n) is 3.04. The molecule has 0 unspecified atom stereocenters. The first-order chi connectivity index (χ1) is 15.8. The number of aryl methyl sites for hydroxylation is 1. The van der Waals surface area contributed by atoms with E-state index < -0.39 is 24.4 Å². The second-order valence-electron chi connectivity index (χ2n) is 7.14. The molecule has 0 spiro atoms. The number of nitrogens with one attached hydrogen (secondary N) is 2. The van der Waals surface area contributed by atoms with E-state index in [1.54, 1.807) is 36.4 Å². The first-order valence-electron chi connectivity index (χ1n) is 9.72. The molecule has 1 fully saturated rings. The Bertz CT molecular complexity index is 1270. The Morgan fingerprint density at radius 2 is 1.97 bits per heavy atom. The van der Waals surface area contributed by atoms with E-state index in [9.17, 15) is 14.4 Å². The number of nitrogens with zero attached hydrogens (tertiary/aromatic N) is 1. The summed E-state index contributed by atoms with van der Waals surface area (Å²) >= 11 is 10.7.